The zero-order valence-corrected chi connectivity index (χ0v) is 12.8. The minimum absolute atomic E-state index is 0.0263. The van der Waals surface area contributed by atoms with Crippen LogP contribution < -0.4 is 5.32 Å². The Balaban J connectivity index is 1.50. The molecule has 3 rings (SSSR count). The molecule has 3 heteroatoms. The molecule has 0 heterocycles. The van der Waals surface area contributed by atoms with Gasteiger partial charge in [0.2, 0.25) is 5.91 Å². The summed E-state index contributed by atoms with van der Waals surface area (Å²) in [6.07, 6.45) is 0.863. The summed E-state index contributed by atoms with van der Waals surface area (Å²) in [5, 5.41) is 3.62. The number of benzene rings is 2. The van der Waals surface area contributed by atoms with E-state index in [4.69, 9.17) is 11.6 Å². The van der Waals surface area contributed by atoms with Gasteiger partial charge in [0.05, 0.1) is 6.54 Å². The molecule has 1 aliphatic carbocycles. The summed E-state index contributed by atoms with van der Waals surface area (Å²) in [5.74, 6) is 6.33. The maximum atomic E-state index is 12.1. The van der Waals surface area contributed by atoms with Crippen LogP contribution in [0.3, 0.4) is 0 Å². The smallest absolute Gasteiger partial charge is 0.224 e. The number of hydrogen-bond donors (Lipinski definition) is 1. The van der Waals surface area contributed by atoms with Crippen LogP contribution in [0.15, 0.2) is 54.6 Å². The summed E-state index contributed by atoms with van der Waals surface area (Å²) < 4.78 is 0. The molecule has 0 aliphatic heterocycles. The van der Waals surface area contributed by atoms with Gasteiger partial charge in [-0.2, -0.15) is 0 Å². The quantitative estimate of drug-likeness (QED) is 0.862. The van der Waals surface area contributed by atoms with Crippen LogP contribution in [0.5, 0.6) is 0 Å². The van der Waals surface area contributed by atoms with Crippen molar-refractivity contribution in [3.63, 3.8) is 0 Å². The molecule has 1 aliphatic rings. The highest BCUT2D eigenvalue weighted by Gasteiger charge is 2.44. The first kappa shape index (κ1) is 14.7. The molecule has 2 aromatic carbocycles. The van der Waals surface area contributed by atoms with Crippen LogP contribution in [0, 0.1) is 17.8 Å². The van der Waals surface area contributed by atoms with Gasteiger partial charge in [-0.3, -0.25) is 4.79 Å². The molecule has 0 bridgehead atoms. The van der Waals surface area contributed by atoms with Crippen molar-refractivity contribution in [2.45, 2.75) is 12.3 Å². The number of nitrogens with one attached hydrogen (secondary N) is 1. The van der Waals surface area contributed by atoms with Crippen molar-refractivity contribution in [1.82, 2.24) is 5.32 Å². The molecule has 2 atom stereocenters. The van der Waals surface area contributed by atoms with E-state index in [1.165, 1.54) is 0 Å². The van der Waals surface area contributed by atoms with E-state index in [1.807, 2.05) is 54.6 Å². The molecule has 0 saturated heterocycles. The molecular weight excluding hydrogens is 294 g/mol. The second kappa shape index (κ2) is 6.68. The van der Waals surface area contributed by atoms with Crippen molar-refractivity contribution in [3.05, 3.63) is 70.7 Å². The highest BCUT2D eigenvalue weighted by atomic mass is 35.5. The van der Waals surface area contributed by atoms with Crippen molar-refractivity contribution in [3.8, 4) is 11.8 Å². The average molecular weight is 310 g/mol. The third-order valence-electron chi connectivity index (χ3n) is 3.79. The Bertz CT molecular complexity index is 730. The molecule has 1 saturated carbocycles. The topological polar surface area (TPSA) is 29.1 Å². The van der Waals surface area contributed by atoms with E-state index in [1.54, 1.807) is 0 Å². The van der Waals surface area contributed by atoms with Gasteiger partial charge in [-0.25, -0.2) is 0 Å². The van der Waals surface area contributed by atoms with Gasteiger partial charge in [0.1, 0.15) is 0 Å². The molecule has 2 aromatic rings. The third kappa shape index (κ3) is 3.50. The second-order valence-electron chi connectivity index (χ2n) is 5.36. The van der Waals surface area contributed by atoms with Crippen molar-refractivity contribution >= 4 is 17.5 Å². The van der Waals surface area contributed by atoms with E-state index < -0.39 is 0 Å². The van der Waals surface area contributed by atoms with E-state index >= 15 is 0 Å². The Morgan fingerprint density at radius 3 is 2.64 bits per heavy atom. The molecule has 2 nitrogen and oxygen atoms in total. The van der Waals surface area contributed by atoms with Gasteiger partial charge in [0, 0.05) is 16.5 Å². The molecule has 0 aromatic heterocycles. The summed E-state index contributed by atoms with van der Waals surface area (Å²) in [6.45, 7) is 0.374. The molecule has 22 heavy (non-hydrogen) atoms. The molecule has 1 fully saturated rings. The van der Waals surface area contributed by atoms with Crippen molar-refractivity contribution < 1.29 is 4.79 Å². The maximum absolute atomic E-state index is 12.1. The largest absolute Gasteiger partial charge is 0.345 e. The van der Waals surface area contributed by atoms with E-state index in [9.17, 15) is 4.79 Å². The van der Waals surface area contributed by atoms with Gasteiger partial charge in [-0.15, -0.1) is 0 Å². The van der Waals surface area contributed by atoms with Crippen LogP contribution in [0.25, 0.3) is 0 Å². The zero-order valence-electron chi connectivity index (χ0n) is 12.1. The van der Waals surface area contributed by atoms with Crippen LogP contribution >= 0.6 is 11.6 Å². The molecule has 110 valence electrons. The molecule has 1 N–H and O–H groups in total. The van der Waals surface area contributed by atoms with Gasteiger partial charge in [0.25, 0.3) is 0 Å². The van der Waals surface area contributed by atoms with Gasteiger partial charge in [-0.05, 0) is 36.1 Å². The minimum Gasteiger partial charge on any atom is -0.345 e. The second-order valence-corrected chi connectivity index (χ2v) is 5.76. The standard InChI is InChI=1S/C19H16ClNO/c20-18-11-5-4-10-15(18)16-13-17(16)19(22)21-12-6-9-14-7-2-1-3-8-14/h1-5,7-8,10-11,16-17H,12-13H2,(H,21,22). The highest BCUT2D eigenvalue weighted by Crippen LogP contribution is 2.49. The first-order valence-corrected chi connectivity index (χ1v) is 7.69. The molecular formula is C19H16ClNO. The summed E-state index contributed by atoms with van der Waals surface area (Å²) in [7, 11) is 0. The number of carbonyl (C=O) groups excluding carboxylic acids is 1. The maximum Gasteiger partial charge on any atom is 0.224 e. The fraction of sp³-hybridized carbons (Fsp3) is 0.211. The lowest BCUT2D eigenvalue weighted by Gasteiger charge is -2.03. The molecule has 1 amide bonds. The number of halogens is 1. The van der Waals surface area contributed by atoms with E-state index in [-0.39, 0.29) is 17.7 Å². The zero-order chi connectivity index (χ0) is 15.4. The van der Waals surface area contributed by atoms with E-state index in [2.05, 4.69) is 17.2 Å². The summed E-state index contributed by atoms with van der Waals surface area (Å²) in [5.41, 5.74) is 2.02. The minimum atomic E-state index is 0.0263. The molecule has 0 radical (unpaired) electrons. The van der Waals surface area contributed by atoms with Gasteiger partial charge >= 0.3 is 0 Å². The monoisotopic (exact) mass is 309 g/mol. The summed E-state index contributed by atoms with van der Waals surface area (Å²) in [6, 6.07) is 17.5. The highest BCUT2D eigenvalue weighted by molar-refractivity contribution is 6.31. The van der Waals surface area contributed by atoms with Gasteiger partial charge < -0.3 is 5.32 Å². The fourth-order valence-electron chi connectivity index (χ4n) is 2.53. The van der Waals surface area contributed by atoms with Gasteiger partial charge in [-0.1, -0.05) is 59.8 Å². The predicted molar refractivity (Wildman–Crippen MR) is 88.6 cm³/mol. The lowest BCUT2D eigenvalue weighted by molar-refractivity contribution is -0.122. The predicted octanol–water partition coefficient (Wildman–Crippen LogP) is 3.61. The van der Waals surface area contributed by atoms with Crippen LogP contribution in [0.1, 0.15) is 23.5 Å². The Hall–Kier alpha value is -2.24. The Morgan fingerprint density at radius 2 is 1.86 bits per heavy atom. The van der Waals surface area contributed by atoms with Crippen molar-refractivity contribution in [2.24, 2.45) is 5.92 Å². The van der Waals surface area contributed by atoms with Crippen LogP contribution in [-0.4, -0.2) is 12.5 Å². The third-order valence-corrected chi connectivity index (χ3v) is 4.13. The lowest BCUT2D eigenvalue weighted by Crippen LogP contribution is -2.25. The first-order valence-electron chi connectivity index (χ1n) is 7.32. The lowest BCUT2D eigenvalue weighted by atomic mass is 10.1. The molecule has 2 unspecified atom stereocenters. The summed E-state index contributed by atoms with van der Waals surface area (Å²) >= 11 is 6.17. The Labute approximate surface area is 135 Å². The fourth-order valence-corrected chi connectivity index (χ4v) is 2.81. The number of hydrogen-bond acceptors (Lipinski definition) is 1. The Morgan fingerprint density at radius 1 is 1.14 bits per heavy atom. The van der Waals surface area contributed by atoms with Crippen LogP contribution in [0.4, 0.5) is 0 Å². The number of amides is 1. The number of carbonyl (C=O) groups is 1. The molecule has 0 spiro atoms. The normalized spacial score (nSPS) is 19.0. The Kier molecular flexibility index (Phi) is 4.46. The average Bonchev–Trinajstić information content (AvgIpc) is 3.33. The SMILES string of the molecule is O=C(NCC#Cc1ccccc1)C1CC1c1ccccc1Cl. The van der Waals surface area contributed by atoms with E-state index in [0.717, 1.165) is 22.6 Å². The summed E-state index contributed by atoms with van der Waals surface area (Å²) in [4.78, 5) is 12.1. The first-order chi connectivity index (χ1) is 10.8. The van der Waals surface area contributed by atoms with Crippen molar-refractivity contribution in [1.29, 1.82) is 0 Å². The van der Waals surface area contributed by atoms with Crippen LogP contribution in [0.2, 0.25) is 5.02 Å². The number of rotatable bonds is 3. The van der Waals surface area contributed by atoms with Crippen molar-refractivity contribution in [2.75, 3.05) is 6.54 Å². The van der Waals surface area contributed by atoms with Crippen LogP contribution in [-0.2, 0) is 4.79 Å². The van der Waals surface area contributed by atoms with Gasteiger partial charge in [0.15, 0.2) is 0 Å². The van der Waals surface area contributed by atoms with E-state index in [0.29, 0.717) is 6.54 Å².